The van der Waals surface area contributed by atoms with Gasteiger partial charge in [-0.3, -0.25) is 19.5 Å². The highest BCUT2D eigenvalue weighted by Gasteiger charge is 2.39. The standard InChI is InChI=1S/C29H38N4O5/c1-18(2)20-5-7-23-26(12-20)37-11-9-22-6-8-25(34)27(38-22)15-31-29(36)24-13-21(32-28(23)35)17-33(24)16-19-4-3-10-30-14-19/h3-5,7,10,12,14,18,21-22,24-25,27,34H,6,8-9,11,13,15-17H2,1-2H3,(H,31,36)(H,32,35)/t21-,22-,24-,25-,27+/m0/s1. The zero-order valence-corrected chi connectivity index (χ0v) is 22.1. The molecule has 2 amide bonds. The van der Waals surface area contributed by atoms with E-state index in [4.69, 9.17) is 9.47 Å². The Kier molecular flexibility index (Phi) is 8.26. The average Bonchev–Trinajstić information content (AvgIpc) is 3.30. The molecule has 2 saturated heterocycles. The zero-order valence-electron chi connectivity index (χ0n) is 22.1. The molecule has 0 aliphatic carbocycles. The smallest absolute Gasteiger partial charge is 0.255 e. The molecule has 2 fully saturated rings. The normalized spacial score (nSPS) is 28.8. The maximum absolute atomic E-state index is 13.4. The molecule has 2 aromatic rings. The highest BCUT2D eigenvalue weighted by molar-refractivity contribution is 5.97. The van der Waals surface area contributed by atoms with Gasteiger partial charge >= 0.3 is 0 Å². The highest BCUT2D eigenvalue weighted by atomic mass is 16.5. The molecule has 4 bridgehead atoms. The molecule has 0 radical (unpaired) electrons. The predicted octanol–water partition coefficient (Wildman–Crippen LogP) is 2.39. The summed E-state index contributed by atoms with van der Waals surface area (Å²) >= 11 is 0. The summed E-state index contributed by atoms with van der Waals surface area (Å²) in [6.45, 7) is 5.93. The largest absolute Gasteiger partial charge is 0.493 e. The van der Waals surface area contributed by atoms with Crippen molar-refractivity contribution in [2.45, 2.75) is 82.4 Å². The van der Waals surface area contributed by atoms with Gasteiger partial charge in [-0.05, 0) is 54.5 Å². The van der Waals surface area contributed by atoms with Gasteiger partial charge in [-0.1, -0.05) is 26.0 Å². The number of carbonyl (C=O) groups is 2. The number of likely N-dealkylation sites (tertiary alicyclic amines) is 1. The maximum Gasteiger partial charge on any atom is 0.255 e. The van der Waals surface area contributed by atoms with Gasteiger partial charge in [0.2, 0.25) is 5.91 Å². The number of benzene rings is 1. The summed E-state index contributed by atoms with van der Waals surface area (Å²) in [6, 6.07) is 8.98. The fraction of sp³-hybridized carbons (Fsp3) is 0.552. The second-order valence-electron chi connectivity index (χ2n) is 10.9. The molecule has 5 rings (SSSR count). The number of ether oxygens (including phenoxy) is 2. The zero-order chi connectivity index (χ0) is 26.6. The summed E-state index contributed by atoms with van der Waals surface area (Å²) in [5.41, 5.74) is 2.59. The predicted molar refractivity (Wildman–Crippen MR) is 142 cm³/mol. The summed E-state index contributed by atoms with van der Waals surface area (Å²) in [6.07, 6.45) is 4.79. The highest BCUT2D eigenvalue weighted by Crippen LogP contribution is 2.28. The van der Waals surface area contributed by atoms with Crippen LogP contribution in [0.5, 0.6) is 5.75 Å². The number of hydrogen-bond donors (Lipinski definition) is 3. The van der Waals surface area contributed by atoms with Crippen molar-refractivity contribution in [2.75, 3.05) is 19.7 Å². The maximum atomic E-state index is 13.4. The monoisotopic (exact) mass is 522 g/mol. The molecule has 5 atom stereocenters. The number of fused-ring (bicyclic) bond motifs is 5. The molecule has 1 aromatic carbocycles. The van der Waals surface area contributed by atoms with Gasteiger partial charge in [0.05, 0.1) is 30.4 Å². The van der Waals surface area contributed by atoms with E-state index in [9.17, 15) is 14.7 Å². The lowest BCUT2D eigenvalue weighted by Gasteiger charge is -2.34. The first kappa shape index (κ1) is 26.6. The lowest BCUT2D eigenvalue weighted by Crippen LogP contribution is -2.50. The van der Waals surface area contributed by atoms with Crippen molar-refractivity contribution >= 4 is 11.8 Å². The van der Waals surface area contributed by atoms with E-state index in [0.29, 0.717) is 56.2 Å². The van der Waals surface area contributed by atoms with Crippen molar-refractivity contribution in [2.24, 2.45) is 0 Å². The Morgan fingerprint density at radius 2 is 2.05 bits per heavy atom. The van der Waals surface area contributed by atoms with Crippen molar-refractivity contribution in [1.29, 1.82) is 0 Å². The molecular formula is C29H38N4O5. The second kappa shape index (κ2) is 11.8. The van der Waals surface area contributed by atoms with Crippen LogP contribution < -0.4 is 15.4 Å². The van der Waals surface area contributed by atoms with Crippen LogP contribution in [-0.2, 0) is 16.1 Å². The van der Waals surface area contributed by atoms with Gasteiger partial charge < -0.3 is 25.2 Å². The van der Waals surface area contributed by atoms with Crippen LogP contribution in [0.25, 0.3) is 0 Å². The van der Waals surface area contributed by atoms with Gasteiger partial charge in [-0.2, -0.15) is 0 Å². The van der Waals surface area contributed by atoms with Crippen molar-refractivity contribution in [3.63, 3.8) is 0 Å². The Morgan fingerprint density at radius 1 is 1.18 bits per heavy atom. The number of aliphatic hydroxyl groups excluding tert-OH is 1. The van der Waals surface area contributed by atoms with Gasteiger partial charge in [0.15, 0.2) is 0 Å². The Hall–Kier alpha value is -3.01. The summed E-state index contributed by atoms with van der Waals surface area (Å²) in [7, 11) is 0. The van der Waals surface area contributed by atoms with E-state index in [1.54, 1.807) is 12.4 Å². The molecule has 3 aliphatic heterocycles. The molecule has 9 nitrogen and oxygen atoms in total. The third-order valence-electron chi connectivity index (χ3n) is 7.82. The fourth-order valence-corrected chi connectivity index (χ4v) is 5.61. The van der Waals surface area contributed by atoms with Gasteiger partial charge in [-0.25, -0.2) is 0 Å². The van der Waals surface area contributed by atoms with Gasteiger partial charge in [-0.15, -0.1) is 0 Å². The van der Waals surface area contributed by atoms with E-state index < -0.39 is 18.2 Å². The van der Waals surface area contributed by atoms with Crippen LogP contribution in [0.4, 0.5) is 0 Å². The molecule has 3 aliphatic rings. The molecule has 9 heteroatoms. The van der Waals surface area contributed by atoms with Gasteiger partial charge in [0.25, 0.3) is 5.91 Å². The van der Waals surface area contributed by atoms with Crippen LogP contribution in [0.3, 0.4) is 0 Å². The lowest BCUT2D eigenvalue weighted by molar-refractivity contribution is -0.133. The molecule has 1 aromatic heterocycles. The SMILES string of the molecule is CC(C)c1ccc2c(c1)OCC[C@@H]1CC[C@H](O)[C@@H](CNC(=O)[C@@H]3C[C@@H](CN3Cc3cccnc3)NC2=O)O1. The number of pyridine rings is 1. The molecule has 204 valence electrons. The van der Waals surface area contributed by atoms with Crippen LogP contribution in [0.1, 0.15) is 66.9 Å². The molecular weight excluding hydrogens is 484 g/mol. The summed E-state index contributed by atoms with van der Waals surface area (Å²) in [4.78, 5) is 33.1. The number of nitrogens with one attached hydrogen (secondary N) is 2. The number of carbonyl (C=O) groups excluding carboxylic acids is 2. The Bertz CT molecular complexity index is 1130. The number of aliphatic hydroxyl groups is 1. The van der Waals surface area contributed by atoms with E-state index in [0.717, 1.165) is 17.5 Å². The average molecular weight is 523 g/mol. The summed E-state index contributed by atoms with van der Waals surface area (Å²) in [5.74, 6) is 0.534. The molecule has 38 heavy (non-hydrogen) atoms. The van der Waals surface area contributed by atoms with Crippen LogP contribution in [0, 0.1) is 0 Å². The third kappa shape index (κ3) is 6.17. The van der Waals surface area contributed by atoms with Crippen molar-refractivity contribution in [1.82, 2.24) is 20.5 Å². The lowest BCUT2D eigenvalue weighted by atomic mass is 9.99. The number of rotatable bonds is 3. The summed E-state index contributed by atoms with van der Waals surface area (Å²) < 4.78 is 12.3. The molecule has 4 heterocycles. The minimum absolute atomic E-state index is 0.0864. The number of nitrogens with zero attached hydrogens (tertiary/aromatic N) is 2. The van der Waals surface area contributed by atoms with Crippen molar-refractivity contribution < 1.29 is 24.2 Å². The minimum Gasteiger partial charge on any atom is -0.493 e. The third-order valence-corrected chi connectivity index (χ3v) is 7.82. The topological polar surface area (TPSA) is 113 Å². The Labute approximate surface area is 223 Å². The van der Waals surface area contributed by atoms with Crippen LogP contribution >= 0.6 is 0 Å². The number of amides is 2. The Balaban J connectivity index is 1.42. The van der Waals surface area contributed by atoms with E-state index in [2.05, 4.69) is 34.4 Å². The molecule has 3 N–H and O–H groups in total. The van der Waals surface area contributed by atoms with Crippen molar-refractivity contribution in [3.05, 3.63) is 59.4 Å². The Morgan fingerprint density at radius 3 is 2.84 bits per heavy atom. The van der Waals surface area contributed by atoms with Crippen LogP contribution in [-0.4, -0.2) is 76.9 Å². The van der Waals surface area contributed by atoms with E-state index in [1.807, 2.05) is 30.3 Å². The van der Waals surface area contributed by atoms with E-state index in [-0.39, 0.29) is 30.5 Å². The molecule has 0 spiro atoms. The van der Waals surface area contributed by atoms with Crippen LogP contribution in [0.2, 0.25) is 0 Å². The quantitative estimate of drug-likeness (QED) is 0.567. The minimum atomic E-state index is -0.622. The fourth-order valence-electron chi connectivity index (χ4n) is 5.61. The molecule has 0 saturated carbocycles. The molecule has 0 unspecified atom stereocenters. The number of aromatic nitrogens is 1. The van der Waals surface area contributed by atoms with Crippen molar-refractivity contribution in [3.8, 4) is 5.75 Å². The van der Waals surface area contributed by atoms with Gasteiger partial charge in [0.1, 0.15) is 11.9 Å². The van der Waals surface area contributed by atoms with E-state index in [1.165, 1.54) is 0 Å². The second-order valence-corrected chi connectivity index (χ2v) is 10.9. The summed E-state index contributed by atoms with van der Waals surface area (Å²) in [5, 5.41) is 16.7. The van der Waals surface area contributed by atoms with Gasteiger partial charge in [0, 0.05) is 44.5 Å². The first-order chi connectivity index (χ1) is 18.4. The first-order valence-corrected chi connectivity index (χ1v) is 13.7. The van der Waals surface area contributed by atoms with E-state index >= 15 is 0 Å². The first-order valence-electron chi connectivity index (χ1n) is 13.7. The number of hydrogen-bond acceptors (Lipinski definition) is 7. The van der Waals surface area contributed by atoms with Crippen LogP contribution in [0.15, 0.2) is 42.7 Å².